The molecule has 1 atom stereocenters. The Morgan fingerprint density at radius 2 is 1.38 bits per heavy atom. The van der Waals surface area contributed by atoms with Crippen molar-refractivity contribution in [2.45, 2.75) is 33.0 Å². The van der Waals surface area contributed by atoms with Crippen LogP contribution in [0, 0.1) is 13.8 Å². The van der Waals surface area contributed by atoms with E-state index in [1.807, 2.05) is 61.5 Å². The van der Waals surface area contributed by atoms with E-state index in [1.165, 1.54) is 0 Å². The third-order valence-corrected chi connectivity index (χ3v) is 6.21. The van der Waals surface area contributed by atoms with Crippen LogP contribution in [0.4, 0.5) is 0 Å². The molecule has 2 heterocycles. The molecule has 5 aromatic rings. The lowest BCUT2D eigenvalue weighted by molar-refractivity contribution is 0.134. The fourth-order valence-electron chi connectivity index (χ4n) is 4.76. The van der Waals surface area contributed by atoms with Crippen molar-refractivity contribution in [3.8, 4) is 22.4 Å². The van der Waals surface area contributed by atoms with Gasteiger partial charge in [0.1, 0.15) is 0 Å². The third kappa shape index (κ3) is 4.06. The summed E-state index contributed by atoms with van der Waals surface area (Å²) in [6.45, 7) is 4.20. The van der Waals surface area contributed by atoms with E-state index in [1.54, 1.807) is 11.5 Å². The second-order valence-electron chi connectivity index (χ2n) is 8.67. The lowest BCUT2D eigenvalue weighted by Gasteiger charge is -2.19. The highest BCUT2D eigenvalue weighted by Crippen LogP contribution is 2.41. The van der Waals surface area contributed by atoms with Gasteiger partial charge in [-0.3, -0.25) is 4.57 Å². The van der Waals surface area contributed by atoms with Crippen LogP contribution in [0.3, 0.4) is 0 Å². The van der Waals surface area contributed by atoms with Crippen molar-refractivity contribution >= 4 is 10.9 Å². The number of nitrogens with zero attached hydrogens (tertiary/aromatic N) is 3. The Bertz CT molecular complexity index is 1500. The SMILES string of the molecule is Cc1cc(C)n(CC(O)Cn2c(-c3ccccc3)c(-c3ccccc3)c3ccccc32)c(=O)n1. The molecule has 0 saturated carbocycles. The average molecular weight is 450 g/mol. The zero-order chi connectivity index (χ0) is 23.7. The first-order valence-corrected chi connectivity index (χ1v) is 11.5. The normalized spacial score (nSPS) is 12.2. The van der Waals surface area contributed by atoms with Crippen LogP contribution < -0.4 is 5.69 Å². The molecule has 5 heteroatoms. The monoisotopic (exact) mass is 449 g/mol. The molecular weight excluding hydrogens is 422 g/mol. The minimum absolute atomic E-state index is 0.180. The summed E-state index contributed by atoms with van der Waals surface area (Å²) in [4.78, 5) is 16.5. The molecule has 5 rings (SSSR count). The molecule has 3 aromatic carbocycles. The molecule has 1 N–H and O–H groups in total. The smallest absolute Gasteiger partial charge is 0.348 e. The number of aromatic nitrogens is 3. The van der Waals surface area contributed by atoms with E-state index in [9.17, 15) is 9.90 Å². The minimum atomic E-state index is -0.775. The third-order valence-electron chi connectivity index (χ3n) is 6.21. The highest BCUT2D eigenvalue weighted by molar-refractivity contribution is 6.04. The van der Waals surface area contributed by atoms with Crippen molar-refractivity contribution in [2.75, 3.05) is 0 Å². The molecule has 0 saturated heterocycles. The molecule has 0 aliphatic rings. The molecule has 0 aliphatic heterocycles. The van der Waals surface area contributed by atoms with E-state index in [-0.39, 0.29) is 12.2 Å². The van der Waals surface area contributed by atoms with Crippen LogP contribution in [0.2, 0.25) is 0 Å². The van der Waals surface area contributed by atoms with Crippen molar-refractivity contribution in [3.05, 3.63) is 113 Å². The summed E-state index contributed by atoms with van der Waals surface area (Å²) >= 11 is 0. The Kier molecular flexibility index (Phi) is 5.86. The summed E-state index contributed by atoms with van der Waals surface area (Å²) < 4.78 is 3.73. The van der Waals surface area contributed by atoms with Gasteiger partial charge >= 0.3 is 5.69 Å². The van der Waals surface area contributed by atoms with Crippen LogP contribution in [-0.2, 0) is 13.1 Å². The van der Waals surface area contributed by atoms with E-state index < -0.39 is 6.10 Å². The van der Waals surface area contributed by atoms with Crippen molar-refractivity contribution < 1.29 is 5.11 Å². The van der Waals surface area contributed by atoms with Crippen LogP contribution in [0.25, 0.3) is 33.3 Å². The highest BCUT2D eigenvalue weighted by Gasteiger charge is 2.22. The summed E-state index contributed by atoms with van der Waals surface area (Å²) in [5.41, 5.74) is 6.59. The summed E-state index contributed by atoms with van der Waals surface area (Å²) in [5, 5.41) is 12.3. The Labute approximate surface area is 198 Å². The van der Waals surface area contributed by atoms with Gasteiger partial charge in [0, 0.05) is 27.9 Å². The predicted octanol–water partition coefficient (Wildman–Crippen LogP) is 5.21. The number of aliphatic hydroxyl groups is 1. The van der Waals surface area contributed by atoms with Crippen LogP contribution >= 0.6 is 0 Å². The van der Waals surface area contributed by atoms with Gasteiger partial charge in [0.2, 0.25) is 0 Å². The quantitative estimate of drug-likeness (QED) is 0.387. The molecule has 34 heavy (non-hydrogen) atoms. The number of hydrogen-bond acceptors (Lipinski definition) is 3. The number of fused-ring (bicyclic) bond motifs is 1. The standard InChI is InChI=1S/C29H27N3O2/c1-20-17-21(2)31(29(34)30-20)18-24(33)19-32-26-16-10-9-15-25(26)27(22-11-5-3-6-12-22)28(32)23-13-7-4-8-14-23/h3-17,24,33H,18-19H2,1-2H3. The summed E-state index contributed by atoms with van der Waals surface area (Å²) in [6.07, 6.45) is -0.775. The van der Waals surface area contributed by atoms with E-state index in [2.05, 4.69) is 45.9 Å². The maximum atomic E-state index is 12.5. The van der Waals surface area contributed by atoms with Gasteiger partial charge in [0.15, 0.2) is 0 Å². The molecule has 0 amide bonds. The number of aryl methyl sites for hydroxylation is 2. The molecule has 0 spiro atoms. The Morgan fingerprint density at radius 3 is 2.06 bits per heavy atom. The second kappa shape index (κ2) is 9.12. The summed E-state index contributed by atoms with van der Waals surface area (Å²) in [5.74, 6) is 0. The van der Waals surface area contributed by atoms with Gasteiger partial charge in [0.05, 0.1) is 24.9 Å². The molecule has 0 radical (unpaired) electrons. The fourth-order valence-corrected chi connectivity index (χ4v) is 4.76. The number of para-hydroxylation sites is 1. The zero-order valence-corrected chi connectivity index (χ0v) is 19.3. The van der Waals surface area contributed by atoms with E-state index >= 15 is 0 Å². The van der Waals surface area contributed by atoms with Gasteiger partial charge in [-0.05, 0) is 37.1 Å². The van der Waals surface area contributed by atoms with Gasteiger partial charge in [0.25, 0.3) is 0 Å². The van der Waals surface area contributed by atoms with Crippen LogP contribution in [0.1, 0.15) is 11.4 Å². The fraction of sp³-hybridized carbons (Fsp3) is 0.172. The molecular formula is C29H27N3O2. The summed E-state index contributed by atoms with van der Waals surface area (Å²) in [7, 11) is 0. The molecule has 5 nitrogen and oxygen atoms in total. The van der Waals surface area contributed by atoms with E-state index in [0.717, 1.165) is 39.0 Å². The van der Waals surface area contributed by atoms with Crippen molar-refractivity contribution in [1.82, 2.24) is 14.1 Å². The maximum absolute atomic E-state index is 12.5. The molecule has 0 bridgehead atoms. The number of benzene rings is 3. The number of aliphatic hydroxyl groups excluding tert-OH is 1. The van der Waals surface area contributed by atoms with Crippen molar-refractivity contribution in [3.63, 3.8) is 0 Å². The lowest BCUT2D eigenvalue weighted by Crippen LogP contribution is -2.32. The molecule has 0 fully saturated rings. The first-order valence-electron chi connectivity index (χ1n) is 11.5. The van der Waals surface area contributed by atoms with Gasteiger partial charge < -0.3 is 9.67 Å². The van der Waals surface area contributed by atoms with Crippen molar-refractivity contribution in [1.29, 1.82) is 0 Å². The van der Waals surface area contributed by atoms with Crippen molar-refractivity contribution in [2.24, 2.45) is 0 Å². The maximum Gasteiger partial charge on any atom is 0.348 e. The Balaban J connectivity index is 1.66. The molecule has 1 unspecified atom stereocenters. The molecule has 2 aromatic heterocycles. The minimum Gasteiger partial charge on any atom is -0.389 e. The van der Waals surface area contributed by atoms with Gasteiger partial charge in [-0.1, -0.05) is 78.9 Å². The van der Waals surface area contributed by atoms with Gasteiger partial charge in [-0.25, -0.2) is 4.79 Å². The Hall–Kier alpha value is -3.96. The molecule has 170 valence electrons. The number of rotatable bonds is 6. The number of hydrogen-bond donors (Lipinski definition) is 1. The van der Waals surface area contributed by atoms with Crippen LogP contribution in [0.15, 0.2) is 95.8 Å². The largest absolute Gasteiger partial charge is 0.389 e. The predicted molar refractivity (Wildman–Crippen MR) is 137 cm³/mol. The van der Waals surface area contributed by atoms with Gasteiger partial charge in [-0.15, -0.1) is 0 Å². The average Bonchev–Trinajstić information content (AvgIpc) is 3.16. The first kappa shape index (κ1) is 21.9. The van der Waals surface area contributed by atoms with E-state index in [4.69, 9.17) is 0 Å². The van der Waals surface area contributed by atoms with Crippen LogP contribution in [-0.4, -0.2) is 25.3 Å². The topological polar surface area (TPSA) is 60.0 Å². The first-order chi connectivity index (χ1) is 16.5. The van der Waals surface area contributed by atoms with E-state index in [0.29, 0.717) is 12.2 Å². The Morgan fingerprint density at radius 1 is 0.794 bits per heavy atom. The van der Waals surface area contributed by atoms with Gasteiger partial charge in [-0.2, -0.15) is 4.98 Å². The van der Waals surface area contributed by atoms with Crippen LogP contribution in [0.5, 0.6) is 0 Å². The zero-order valence-electron chi connectivity index (χ0n) is 19.3. The second-order valence-corrected chi connectivity index (χ2v) is 8.67. The molecule has 0 aliphatic carbocycles. The summed E-state index contributed by atoms with van der Waals surface area (Å²) in [6, 6.07) is 30.8. The highest BCUT2D eigenvalue weighted by atomic mass is 16.3. The lowest BCUT2D eigenvalue weighted by atomic mass is 9.98.